The first-order valence-corrected chi connectivity index (χ1v) is 11.5. The molecule has 0 heterocycles. The molecule has 0 atom stereocenters. The summed E-state index contributed by atoms with van der Waals surface area (Å²) in [6.45, 7) is 6.30. The summed E-state index contributed by atoms with van der Waals surface area (Å²) < 4.78 is 32.8. The highest BCUT2D eigenvalue weighted by Gasteiger charge is 2.26. The second-order valence-corrected chi connectivity index (χ2v) is 9.07. The Hall–Kier alpha value is -3.40. The predicted octanol–water partition coefficient (Wildman–Crippen LogP) is 2.60. The van der Waals surface area contributed by atoms with Gasteiger partial charge in [-0.05, 0) is 57.5 Å². The van der Waals surface area contributed by atoms with E-state index in [0.717, 1.165) is 0 Å². The van der Waals surface area contributed by atoms with E-state index < -0.39 is 34.5 Å². The Morgan fingerprint density at radius 2 is 1.72 bits per heavy atom. The number of ether oxygens (including phenoxy) is 1. The zero-order chi connectivity index (χ0) is 23.9. The number of rotatable bonds is 8. The standard InChI is InChI=1S/C22H27N3O6S/c1-5-25(18-9-7-6-8-10-18)32(29,30)19-13-17(12-11-16(19)4)21(27)31-14-20(26)24-22(28)23-15(2)3/h6-13,15H,5,14H2,1-4H3,(H2,23,24,26,28). The van der Waals surface area contributed by atoms with Gasteiger partial charge in [-0.1, -0.05) is 24.3 Å². The van der Waals surface area contributed by atoms with Crippen LogP contribution in [-0.4, -0.2) is 45.5 Å². The molecule has 0 bridgehead atoms. The summed E-state index contributed by atoms with van der Waals surface area (Å²) in [4.78, 5) is 35.7. The number of benzene rings is 2. The van der Waals surface area contributed by atoms with E-state index in [9.17, 15) is 22.8 Å². The third-order valence-corrected chi connectivity index (χ3v) is 6.38. The number of aryl methyl sites for hydroxylation is 1. The van der Waals surface area contributed by atoms with Crippen LogP contribution in [0.1, 0.15) is 36.7 Å². The molecular formula is C22H27N3O6S. The monoisotopic (exact) mass is 461 g/mol. The van der Waals surface area contributed by atoms with Gasteiger partial charge in [-0.15, -0.1) is 0 Å². The van der Waals surface area contributed by atoms with Gasteiger partial charge in [-0.25, -0.2) is 18.0 Å². The molecule has 0 aromatic heterocycles. The molecule has 0 aliphatic heterocycles. The Kier molecular flexibility index (Phi) is 8.36. The van der Waals surface area contributed by atoms with Gasteiger partial charge in [-0.3, -0.25) is 14.4 Å². The predicted molar refractivity (Wildman–Crippen MR) is 120 cm³/mol. The van der Waals surface area contributed by atoms with Crippen LogP contribution in [0.15, 0.2) is 53.4 Å². The molecule has 10 heteroatoms. The number of sulfonamides is 1. The third kappa shape index (κ3) is 6.30. The van der Waals surface area contributed by atoms with Crippen LogP contribution in [0.25, 0.3) is 0 Å². The molecule has 0 aliphatic carbocycles. The molecular weight excluding hydrogens is 434 g/mol. The Labute approximate surface area is 187 Å². The second-order valence-electron chi connectivity index (χ2n) is 7.24. The van der Waals surface area contributed by atoms with Gasteiger partial charge in [0, 0.05) is 12.6 Å². The minimum Gasteiger partial charge on any atom is -0.452 e. The number of urea groups is 1. The number of imide groups is 1. The van der Waals surface area contributed by atoms with Crippen molar-refractivity contribution in [3.05, 3.63) is 59.7 Å². The zero-order valence-corrected chi connectivity index (χ0v) is 19.2. The molecule has 9 nitrogen and oxygen atoms in total. The maximum atomic E-state index is 13.3. The highest BCUT2D eigenvalue weighted by Crippen LogP contribution is 2.26. The van der Waals surface area contributed by atoms with E-state index in [-0.39, 0.29) is 23.0 Å². The first-order chi connectivity index (χ1) is 15.1. The number of carbonyl (C=O) groups is 3. The van der Waals surface area contributed by atoms with Crippen LogP contribution < -0.4 is 14.9 Å². The van der Waals surface area contributed by atoms with Gasteiger partial charge in [0.05, 0.1) is 16.1 Å². The van der Waals surface area contributed by atoms with Gasteiger partial charge in [0.1, 0.15) is 0 Å². The third-order valence-electron chi connectivity index (χ3n) is 4.33. The van der Waals surface area contributed by atoms with Gasteiger partial charge in [0.2, 0.25) is 0 Å². The molecule has 2 rings (SSSR count). The lowest BCUT2D eigenvalue weighted by molar-refractivity contribution is -0.123. The molecule has 2 aromatic carbocycles. The van der Waals surface area contributed by atoms with Crippen molar-refractivity contribution < 1.29 is 27.5 Å². The smallest absolute Gasteiger partial charge is 0.338 e. The summed E-state index contributed by atoms with van der Waals surface area (Å²) in [6, 6.07) is 11.9. The van der Waals surface area contributed by atoms with E-state index in [0.29, 0.717) is 11.3 Å². The summed E-state index contributed by atoms with van der Waals surface area (Å²) in [6.07, 6.45) is 0. The fourth-order valence-corrected chi connectivity index (χ4v) is 4.61. The van der Waals surface area contributed by atoms with Crippen LogP contribution in [0, 0.1) is 6.92 Å². The average Bonchev–Trinajstić information content (AvgIpc) is 2.72. The largest absolute Gasteiger partial charge is 0.452 e. The van der Waals surface area contributed by atoms with Crippen molar-refractivity contribution in [1.29, 1.82) is 0 Å². The molecule has 0 fully saturated rings. The highest BCUT2D eigenvalue weighted by molar-refractivity contribution is 7.92. The van der Waals surface area contributed by atoms with Crippen molar-refractivity contribution in [2.45, 2.75) is 38.6 Å². The number of amides is 3. The Bertz CT molecular complexity index is 1080. The maximum absolute atomic E-state index is 13.3. The molecule has 0 radical (unpaired) electrons. The molecule has 2 N–H and O–H groups in total. The second kappa shape index (κ2) is 10.8. The molecule has 0 saturated carbocycles. The van der Waals surface area contributed by atoms with E-state index in [2.05, 4.69) is 5.32 Å². The first kappa shape index (κ1) is 24.9. The number of para-hydroxylation sites is 1. The number of nitrogens with one attached hydrogen (secondary N) is 2. The average molecular weight is 462 g/mol. The van der Waals surface area contributed by atoms with Gasteiger partial charge in [0.15, 0.2) is 6.61 Å². The zero-order valence-electron chi connectivity index (χ0n) is 18.4. The molecule has 172 valence electrons. The van der Waals surface area contributed by atoms with Crippen LogP contribution in [-0.2, 0) is 19.6 Å². The van der Waals surface area contributed by atoms with Crippen molar-refractivity contribution in [2.24, 2.45) is 0 Å². The minimum absolute atomic E-state index is 0.0299. The number of carbonyl (C=O) groups excluding carboxylic acids is 3. The normalized spacial score (nSPS) is 11.0. The van der Waals surface area contributed by atoms with Gasteiger partial charge in [0.25, 0.3) is 15.9 Å². The molecule has 32 heavy (non-hydrogen) atoms. The topological polar surface area (TPSA) is 122 Å². The summed E-state index contributed by atoms with van der Waals surface area (Å²) in [5.41, 5.74) is 0.926. The van der Waals surface area contributed by atoms with Crippen LogP contribution in [0.4, 0.5) is 10.5 Å². The van der Waals surface area contributed by atoms with Gasteiger partial charge in [-0.2, -0.15) is 0 Å². The van der Waals surface area contributed by atoms with Gasteiger partial charge >= 0.3 is 12.0 Å². The summed E-state index contributed by atoms with van der Waals surface area (Å²) in [5.74, 6) is -1.69. The summed E-state index contributed by atoms with van der Waals surface area (Å²) in [7, 11) is -3.96. The summed E-state index contributed by atoms with van der Waals surface area (Å²) in [5, 5.41) is 4.50. The molecule has 2 aromatic rings. The van der Waals surface area contributed by atoms with E-state index >= 15 is 0 Å². The quantitative estimate of drug-likeness (QED) is 0.583. The number of hydrogen-bond donors (Lipinski definition) is 2. The van der Waals surface area contributed by atoms with Crippen LogP contribution in [0.3, 0.4) is 0 Å². The SMILES string of the molecule is CCN(c1ccccc1)S(=O)(=O)c1cc(C(=O)OCC(=O)NC(=O)NC(C)C)ccc1C. The lowest BCUT2D eigenvalue weighted by Crippen LogP contribution is -2.44. The van der Waals surface area contributed by atoms with Gasteiger partial charge < -0.3 is 10.1 Å². The van der Waals surface area contributed by atoms with E-state index in [1.54, 1.807) is 58.0 Å². The molecule has 0 saturated heterocycles. The van der Waals surface area contributed by atoms with Crippen LogP contribution in [0.5, 0.6) is 0 Å². The summed E-state index contributed by atoms with van der Waals surface area (Å²) >= 11 is 0. The van der Waals surface area contributed by atoms with Crippen LogP contribution in [0.2, 0.25) is 0 Å². The molecule has 0 unspecified atom stereocenters. The minimum atomic E-state index is -3.96. The fourth-order valence-electron chi connectivity index (χ4n) is 2.88. The van der Waals surface area contributed by atoms with Crippen LogP contribution >= 0.6 is 0 Å². The first-order valence-electron chi connectivity index (χ1n) is 10.0. The Morgan fingerprint density at radius 3 is 2.31 bits per heavy atom. The Morgan fingerprint density at radius 1 is 1.06 bits per heavy atom. The fraction of sp³-hybridized carbons (Fsp3) is 0.318. The highest BCUT2D eigenvalue weighted by atomic mass is 32.2. The molecule has 3 amide bonds. The van der Waals surface area contributed by atoms with Crippen molar-refractivity contribution in [1.82, 2.24) is 10.6 Å². The molecule has 0 aliphatic rings. The van der Waals surface area contributed by atoms with Crippen molar-refractivity contribution in [3.8, 4) is 0 Å². The number of hydrogen-bond acceptors (Lipinski definition) is 6. The van der Waals surface area contributed by atoms with Crippen molar-refractivity contribution >= 4 is 33.6 Å². The van der Waals surface area contributed by atoms with E-state index in [1.807, 2.05) is 5.32 Å². The molecule has 0 spiro atoms. The number of esters is 1. The Balaban J connectivity index is 2.18. The van der Waals surface area contributed by atoms with Crippen molar-refractivity contribution in [2.75, 3.05) is 17.5 Å². The lowest BCUT2D eigenvalue weighted by Gasteiger charge is -2.24. The number of nitrogens with zero attached hydrogens (tertiary/aromatic N) is 1. The van der Waals surface area contributed by atoms with Crippen molar-refractivity contribution in [3.63, 3.8) is 0 Å². The van der Waals surface area contributed by atoms with E-state index in [4.69, 9.17) is 4.74 Å². The number of anilines is 1. The maximum Gasteiger partial charge on any atom is 0.338 e. The lowest BCUT2D eigenvalue weighted by atomic mass is 10.1. The van der Waals surface area contributed by atoms with E-state index in [1.165, 1.54) is 22.5 Å².